The van der Waals surface area contributed by atoms with Gasteiger partial charge in [-0.25, -0.2) is 0 Å². The zero-order valence-corrected chi connectivity index (χ0v) is 46.0. The molecule has 0 saturated carbocycles. The van der Waals surface area contributed by atoms with Gasteiger partial charge in [-0.05, 0) is 12.8 Å². The van der Waals surface area contributed by atoms with Crippen LogP contribution in [0.3, 0.4) is 0 Å². The number of quaternary nitrogens is 1. The van der Waals surface area contributed by atoms with E-state index in [1.807, 2.05) is 21.1 Å². The normalized spacial score (nSPS) is 12.7. The number of aliphatic carboxylic acids is 1. The molecule has 0 bridgehead atoms. The minimum Gasteiger partial charge on any atom is -0.545 e. The van der Waals surface area contributed by atoms with Crippen LogP contribution in [0.25, 0.3) is 0 Å². The van der Waals surface area contributed by atoms with Crippen LogP contribution in [0, 0.1) is 0 Å². The van der Waals surface area contributed by atoms with E-state index in [2.05, 4.69) is 13.8 Å². The van der Waals surface area contributed by atoms with Crippen molar-refractivity contribution in [3.8, 4) is 0 Å². The second kappa shape index (κ2) is 51.6. The fraction of sp³-hybridized carbons (Fsp3) is 0.949. The van der Waals surface area contributed by atoms with Crippen LogP contribution in [0.4, 0.5) is 0 Å². The highest BCUT2D eigenvalue weighted by Gasteiger charge is 2.22. The third-order valence-corrected chi connectivity index (χ3v) is 13.6. The van der Waals surface area contributed by atoms with E-state index in [1.54, 1.807) is 0 Å². The van der Waals surface area contributed by atoms with Crippen LogP contribution < -0.4 is 5.11 Å². The van der Waals surface area contributed by atoms with Crippen LogP contribution in [0.5, 0.6) is 0 Å². The molecule has 0 aliphatic heterocycles. The standard InChI is InChI=1S/C59H115NO8/c1-6-8-10-12-14-16-18-20-22-24-25-26-27-28-29-30-31-32-34-36-38-40-42-44-46-48-50-57(62)68-55(54-67-59(58(63)64)65-52-51-60(3,4)5)53-66-56(61)49-47-45-43-41-39-37-35-33-23-21-19-17-15-13-11-9-7-2/h55,59H,6-54H2,1-5H3. The molecule has 0 aromatic rings. The fourth-order valence-corrected chi connectivity index (χ4v) is 9.01. The smallest absolute Gasteiger partial charge is 0.306 e. The maximum absolute atomic E-state index is 12.9. The topological polar surface area (TPSA) is 111 Å². The van der Waals surface area contributed by atoms with Gasteiger partial charge in [-0.1, -0.05) is 277 Å². The summed E-state index contributed by atoms with van der Waals surface area (Å²) in [4.78, 5) is 37.3. The first-order valence-corrected chi connectivity index (χ1v) is 29.7. The van der Waals surface area contributed by atoms with Gasteiger partial charge >= 0.3 is 11.9 Å². The molecular formula is C59H115NO8. The summed E-state index contributed by atoms with van der Waals surface area (Å²) in [6.45, 7) is 4.82. The van der Waals surface area contributed by atoms with Crippen molar-refractivity contribution < 1.29 is 42.9 Å². The molecule has 2 atom stereocenters. The number of esters is 2. The van der Waals surface area contributed by atoms with Gasteiger partial charge in [-0.2, -0.15) is 0 Å². The van der Waals surface area contributed by atoms with Crippen molar-refractivity contribution in [3.63, 3.8) is 0 Å². The third-order valence-electron chi connectivity index (χ3n) is 13.6. The van der Waals surface area contributed by atoms with Gasteiger partial charge in [0.05, 0.1) is 40.3 Å². The quantitative estimate of drug-likeness (QED) is 0.0256. The number of carboxylic acids is 1. The van der Waals surface area contributed by atoms with E-state index in [-0.39, 0.29) is 32.2 Å². The Labute approximate surface area is 422 Å². The van der Waals surface area contributed by atoms with Crippen molar-refractivity contribution in [3.05, 3.63) is 0 Å². The fourth-order valence-electron chi connectivity index (χ4n) is 9.01. The van der Waals surface area contributed by atoms with Crippen LogP contribution >= 0.6 is 0 Å². The number of hydrogen-bond acceptors (Lipinski definition) is 8. The number of nitrogens with zero attached hydrogens (tertiary/aromatic N) is 1. The Morgan fingerprint density at radius 2 is 0.662 bits per heavy atom. The molecule has 0 saturated heterocycles. The first-order chi connectivity index (χ1) is 33.1. The summed E-state index contributed by atoms with van der Waals surface area (Å²) in [7, 11) is 5.94. The molecule has 0 heterocycles. The largest absolute Gasteiger partial charge is 0.545 e. The number of carbonyl (C=O) groups is 3. The van der Waals surface area contributed by atoms with Crippen LogP contribution in [-0.2, 0) is 33.3 Å². The Morgan fingerprint density at radius 1 is 0.382 bits per heavy atom. The molecule has 68 heavy (non-hydrogen) atoms. The summed E-state index contributed by atoms with van der Waals surface area (Å²) in [5.41, 5.74) is 0. The molecule has 9 heteroatoms. The number of unbranched alkanes of at least 4 members (excludes halogenated alkanes) is 41. The zero-order chi connectivity index (χ0) is 49.9. The molecule has 0 spiro atoms. The summed E-state index contributed by atoms with van der Waals surface area (Å²) in [6, 6.07) is 0. The predicted molar refractivity (Wildman–Crippen MR) is 284 cm³/mol. The lowest BCUT2D eigenvalue weighted by atomic mass is 10.0. The van der Waals surface area contributed by atoms with E-state index in [0.29, 0.717) is 17.4 Å². The minimum absolute atomic E-state index is 0.153. The van der Waals surface area contributed by atoms with E-state index in [0.717, 1.165) is 38.5 Å². The van der Waals surface area contributed by atoms with Gasteiger partial charge in [-0.3, -0.25) is 9.59 Å². The molecule has 0 aromatic heterocycles. The Balaban J connectivity index is 4.14. The number of carboxylic acid groups (broad SMARTS) is 1. The van der Waals surface area contributed by atoms with Gasteiger partial charge in [0.2, 0.25) is 0 Å². The lowest BCUT2D eigenvalue weighted by Gasteiger charge is -2.26. The monoisotopic (exact) mass is 966 g/mol. The first kappa shape index (κ1) is 66.3. The number of ether oxygens (including phenoxy) is 4. The average molecular weight is 967 g/mol. The molecule has 0 aliphatic rings. The lowest BCUT2D eigenvalue weighted by Crippen LogP contribution is -2.44. The van der Waals surface area contributed by atoms with Crippen molar-refractivity contribution in [1.82, 2.24) is 0 Å². The molecule has 404 valence electrons. The second-order valence-corrected chi connectivity index (χ2v) is 21.7. The van der Waals surface area contributed by atoms with Crippen molar-refractivity contribution in [1.29, 1.82) is 0 Å². The van der Waals surface area contributed by atoms with E-state index < -0.39 is 24.3 Å². The molecule has 0 fully saturated rings. The maximum atomic E-state index is 12.9. The van der Waals surface area contributed by atoms with Gasteiger partial charge in [0.15, 0.2) is 12.4 Å². The SMILES string of the molecule is CCCCCCCCCCCCCCCCCCCCCCCCCCCCC(=O)OC(COC(=O)CCCCCCCCCCCCCCCCCCC)COC(OCC[N+](C)(C)C)C(=O)[O-]. The van der Waals surface area contributed by atoms with Crippen LogP contribution in [0.1, 0.15) is 303 Å². The highest BCUT2D eigenvalue weighted by atomic mass is 16.7. The number of rotatable bonds is 56. The molecule has 0 radical (unpaired) electrons. The van der Waals surface area contributed by atoms with E-state index in [4.69, 9.17) is 18.9 Å². The number of likely N-dealkylation sites (N-methyl/N-ethyl adjacent to an activating group) is 1. The Bertz CT molecular complexity index is 1080. The molecule has 0 N–H and O–H groups in total. The van der Waals surface area contributed by atoms with E-state index in [9.17, 15) is 19.5 Å². The van der Waals surface area contributed by atoms with Gasteiger partial charge in [0.1, 0.15) is 13.2 Å². The molecule has 0 aromatic carbocycles. The Kier molecular flexibility index (Phi) is 50.3. The molecular weight excluding hydrogens is 851 g/mol. The van der Waals surface area contributed by atoms with Crippen LogP contribution in [0.2, 0.25) is 0 Å². The van der Waals surface area contributed by atoms with Crippen LogP contribution in [0.15, 0.2) is 0 Å². The molecule has 2 unspecified atom stereocenters. The van der Waals surface area contributed by atoms with Crippen molar-refractivity contribution in [2.24, 2.45) is 0 Å². The zero-order valence-electron chi connectivity index (χ0n) is 46.0. The summed E-state index contributed by atoms with van der Waals surface area (Å²) in [5.74, 6) is -2.25. The molecule has 9 nitrogen and oxygen atoms in total. The third kappa shape index (κ3) is 52.1. The van der Waals surface area contributed by atoms with Crippen LogP contribution in [-0.4, -0.2) is 82.3 Å². The van der Waals surface area contributed by atoms with Crippen molar-refractivity contribution in [2.45, 2.75) is 315 Å². The van der Waals surface area contributed by atoms with Gasteiger partial charge in [0, 0.05) is 12.8 Å². The maximum Gasteiger partial charge on any atom is 0.306 e. The Morgan fingerprint density at radius 3 is 0.941 bits per heavy atom. The number of carbonyl (C=O) groups excluding carboxylic acids is 3. The average Bonchev–Trinajstić information content (AvgIpc) is 3.30. The molecule has 0 amide bonds. The van der Waals surface area contributed by atoms with Crippen molar-refractivity contribution >= 4 is 17.9 Å². The number of hydrogen-bond donors (Lipinski definition) is 0. The first-order valence-electron chi connectivity index (χ1n) is 29.7. The highest BCUT2D eigenvalue weighted by Crippen LogP contribution is 2.18. The summed E-state index contributed by atoms with van der Waals surface area (Å²) < 4.78 is 22.7. The van der Waals surface area contributed by atoms with Crippen molar-refractivity contribution in [2.75, 3.05) is 47.5 Å². The van der Waals surface area contributed by atoms with Gasteiger partial charge < -0.3 is 33.3 Å². The Hall–Kier alpha value is -1.71. The summed E-state index contributed by atoms with van der Waals surface area (Å²) in [6.07, 6.45) is 54.4. The van der Waals surface area contributed by atoms with E-state index >= 15 is 0 Å². The van der Waals surface area contributed by atoms with Gasteiger partial charge in [0.25, 0.3) is 0 Å². The summed E-state index contributed by atoms with van der Waals surface area (Å²) in [5, 5.41) is 11.8. The van der Waals surface area contributed by atoms with E-state index in [1.165, 1.54) is 238 Å². The highest BCUT2D eigenvalue weighted by molar-refractivity contribution is 5.70. The summed E-state index contributed by atoms with van der Waals surface area (Å²) >= 11 is 0. The molecule has 0 aliphatic carbocycles. The predicted octanol–water partition coefficient (Wildman–Crippen LogP) is 15.9. The van der Waals surface area contributed by atoms with Gasteiger partial charge in [-0.15, -0.1) is 0 Å². The minimum atomic E-state index is -1.61. The second-order valence-electron chi connectivity index (χ2n) is 21.7. The molecule has 0 rings (SSSR count). The lowest BCUT2D eigenvalue weighted by molar-refractivity contribution is -0.870.